The van der Waals surface area contributed by atoms with E-state index in [9.17, 15) is 9.59 Å². The van der Waals surface area contributed by atoms with Gasteiger partial charge in [0.25, 0.3) is 0 Å². The minimum absolute atomic E-state index is 0.0857. The van der Waals surface area contributed by atoms with Crippen molar-refractivity contribution in [2.75, 3.05) is 18.4 Å². The number of nitrogens with one attached hydrogen (secondary N) is 1. The number of carbonyl (C=O) groups excluding carboxylic acids is 1. The van der Waals surface area contributed by atoms with Crippen LogP contribution in [0.5, 0.6) is 0 Å². The summed E-state index contributed by atoms with van der Waals surface area (Å²) in [5.41, 5.74) is 6.38. The first-order valence-electron chi connectivity index (χ1n) is 7.14. The molecule has 21 heavy (non-hydrogen) atoms. The maximum atomic E-state index is 11.6. The first-order chi connectivity index (χ1) is 10.1. The number of rotatable bonds is 7. The minimum Gasteiger partial charge on any atom is -0.422 e. The Morgan fingerprint density at radius 3 is 2.76 bits per heavy atom. The molecule has 3 N–H and O–H groups in total. The molecule has 2 rings (SSSR count). The van der Waals surface area contributed by atoms with E-state index < -0.39 is 5.63 Å². The molecule has 1 aromatic carbocycles. The van der Waals surface area contributed by atoms with Gasteiger partial charge in [0.1, 0.15) is 11.1 Å². The second kappa shape index (κ2) is 7.04. The summed E-state index contributed by atoms with van der Waals surface area (Å²) < 4.78 is 5.15. The van der Waals surface area contributed by atoms with Crippen LogP contribution >= 0.6 is 0 Å². The van der Waals surface area contributed by atoms with Crippen LogP contribution in [0.2, 0.25) is 0 Å². The van der Waals surface area contributed by atoms with Crippen LogP contribution in [0.15, 0.2) is 33.5 Å². The van der Waals surface area contributed by atoms with Gasteiger partial charge in [-0.3, -0.25) is 4.79 Å². The third kappa shape index (κ3) is 3.92. The van der Waals surface area contributed by atoms with Crippen molar-refractivity contribution in [2.45, 2.75) is 26.2 Å². The molecule has 0 amide bonds. The van der Waals surface area contributed by atoms with E-state index in [-0.39, 0.29) is 11.3 Å². The fourth-order valence-electron chi connectivity index (χ4n) is 2.16. The van der Waals surface area contributed by atoms with Gasteiger partial charge in [-0.25, -0.2) is 4.79 Å². The Morgan fingerprint density at radius 1 is 1.24 bits per heavy atom. The molecule has 0 saturated carbocycles. The van der Waals surface area contributed by atoms with Gasteiger partial charge in [0, 0.05) is 17.6 Å². The molecule has 0 fully saturated rings. The van der Waals surface area contributed by atoms with E-state index in [0.29, 0.717) is 5.58 Å². The normalized spacial score (nSPS) is 10.8. The molecule has 5 nitrogen and oxygen atoms in total. The molecule has 1 aromatic heterocycles. The number of fused-ring (bicyclic) bond motifs is 1. The molecule has 1 heterocycles. The molecular weight excluding hydrogens is 268 g/mol. The van der Waals surface area contributed by atoms with Crippen molar-refractivity contribution >= 4 is 22.4 Å². The number of ketones is 1. The molecule has 0 radical (unpaired) electrons. The third-order valence-corrected chi connectivity index (χ3v) is 3.32. The fourth-order valence-corrected chi connectivity index (χ4v) is 2.16. The van der Waals surface area contributed by atoms with E-state index in [1.54, 1.807) is 12.1 Å². The summed E-state index contributed by atoms with van der Waals surface area (Å²) in [4.78, 5) is 23.0. The number of benzene rings is 1. The van der Waals surface area contributed by atoms with E-state index in [1.807, 2.05) is 12.1 Å². The van der Waals surface area contributed by atoms with E-state index in [4.69, 9.17) is 10.2 Å². The zero-order chi connectivity index (χ0) is 15.2. The molecular formula is C16H20N2O3. The first-order valence-corrected chi connectivity index (χ1v) is 7.14. The summed E-state index contributed by atoms with van der Waals surface area (Å²) in [5, 5.41) is 4.06. The lowest BCUT2D eigenvalue weighted by molar-refractivity contribution is 0.101. The molecule has 0 aliphatic heterocycles. The lowest BCUT2D eigenvalue weighted by atomic mass is 10.1. The summed E-state index contributed by atoms with van der Waals surface area (Å²) in [5.74, 6) is -0.286. The first kappa shape index (κ1) is 15.3. The number of hydrogen-bond acceptors (Lipinski definition) is 5. The van der Waals surface area contributed by atoms with E-state index in [2.05, 4.69) is 5.32 Å². The van der Waals surface area contributed by atoms with Crippen LogP contribution in [-0.2, 0) is 0 Å². The SMILES string of the molecule is CC(=O)c1cc2cc(NCCCCCN)ccc2oc1=O. The molecule has 0 bridgehead atoms. The number of hydrogen-bond donors (Lipinski definition) is 2. The highest BCUT2D eigenvalue weighted by Crippen LogP contribution is 2.19. The Morgan fingerprint density at radius 2 is 2.05 bits per heavy atom. The molecule has 2 aromatic rings. The number of anilines is 1. The monoisotopic (exact) mass is 288 g/mol. The fraction of sp³-hybridized carbons (Fsp3) is 0.375. The Hall–Kier alpha value is -2.14. The summed E-state index contributed by atoms with van der Waals surface area (Å²) >= 11 is 0. The van der Waals surface area contributed by atoms with Crippen LogP contribution in [-0.4, -0.2) is 18.9 Å². The summed E-state index contributed by atoms with van der Waals surface area (Å²) in [6.45, 7) is 2.95. The van der Waals surface area contributed by atoms with Crippen molar-refractivity contribution in [3.05, 3.63) is 40.2 Å². The quantitative estimate of drug-likeness (QED) is 0.464. The maximum absolute atomic E-state index is 11.6. The van der Waals surface area contributed by atoms with Crippen LogP contribution in [0.3, 0.4) is 0 Å². The molecule has 112 valence electrons. The smallest absolute Gasteiger partial charge is 0.347 e. The topological polar surface area (TPSA) is 85.3 Å². The standard InChI is InChI=1S/C16H20N2O3/c1-11(19)14-10-12-9-13(18-8-4-2-3-7-17)5-6-15(12)21-16(14)20/h5-6,9-10,18H,2-4,7-8,17H2,1H3. The van der Waals surface area contributed by atoms with Crippen LogP contribution in [0.1, 0.15) is 36.5 Å². The van der Waals surface area contributed by atoms with Crippen LogP contribution < -0.4 is 16.7 Å². The van der Waals surface area contributed by atoms with Crippen molar-refractivity contribution in [1.29, 1.82) is 0 Å². The van der Waals surface area contributed by atoms with Gasteiger partial charge in [0.05, 0.1) is 0 Å². The van der Waals surface area contributed by atoms with Gasteiger partial charge < -0.3 is 15.5 Å². The van der Waals surface area contributed by atoms with Crippen LogP contribution in [0, 0.1) is 0 Å². The highest BCUT2D eigenvalue weighted by Gasteiger charge is 2.09. The van der Waals surface area contributed by atoms with E-state index in [1.165, 1.54) is 6.92 Å². The van der Waals surface area contributed by atoms with Crippen molar-refractivity contribution in [3.8, 4) is 0 Å². The van der Waals surface area contributed by atoms with Gasteiger partial charge in [0.15, 0.2) is 5.78 Å². The number of unbranched alkanes of at least 4 members (excludes halogenated alkanes) is 2. The predicted molar refractivity (Wildman–Crippen MR) is 83.9 cm³/mol. The number of carbonyl (C=O) groups is 1. The second-order valence-electron chi connectivity index (χ2n) is 5.03. The third-order valence-electron chi connectivity index (χ3n) is 3.32. The summed E-state index contributed by atoms with van der Waals surface area (Å²) in [6, 6.07) is 7.07. The average Bonchev–Trinajstić information content (AvgIpc) is 2.46. The van der Waals surface area contributed by atoms with Crippen molar-refractivity contribution in [3.63, 3.8) is 0 Å². The summed E-state index contributed by atoms with van der Waals surface area (Å²) in [6.07, 6.45) is 3.19. The van der Waals surface area contributed by atoms with Gasteiger partial charge in [-0.15, -0.1) is 0 Å². The zero-order valence-corrected chi connectivity index (χ0v) is 12.1. The Kier molecular flexibility index (Phi) is 5.11. The molecule has 0 spiro atoms. The molecule has 0 unspecified atom stereocenters. The van der Waals surface area contributed by atoms with Crippen molar-refractivity contribution < 1.29 is 9.21 Å². The molecule has 0 aliphatic carbocycles. The highest BCUT2D eigenvalue weighted by molar-refractivity contribution is 5.96. The van der Waals surface area contributed by atoms with Gasteiger partial charge in [-0.1, -0.05) is 6.42 Å². The van der Waals surface area contributed by atoms with Crippen LogP contribution in [0.25, 0.3) is 11.0 Å². The van der Waals surface area contributed by atoms with Crippen molar-refractivity contribution in [1.82, 2.24) is 0 Å². The highest BCUT2D eigenvalue weighted by atomic mass is 16.4. The minimum atomic E-state index is -0.586. The average molecular weight is 288 g/mol. The number of nitrogens with two attached hydrogens (primary N) is 1. The molecule has 0 saturated heterocycles. The van der Waals surface area contributed by atoms with E-state index >= 15 is 0 Å². The molecule has 0 atom stereocenters. The van der Waals surface area contributed by atoms with E-state index in [0.717, 1.165) is 43.4 Å². The van der Waals surface area contributed by atoms with Crippen molar-refractivity contribution in [2.24, 2.45) is 5.73 Å². The Labute approximate surface area is 123 Å². The lowest BCUT2D eigenvalue weighted by Gasteiger charge is -2.07. The second-order valence-corrected chi connectivity index (χ2v) is 5.03. The van der Waals surface area contributed by atoms with Gasteiger partial charge >= 0.3 is 5.63 Å². The van der Waals surface area contributed by atoms with Gasteiger partial charge in [-0.2, -0.15) is 0 Å². The Balaban J connectivity index is 2.15. The number of Topliss-reactive ketones (excluding diaryl/α,β-unsaturated/α-hetero) is 1. The van der Waals surface area contributed by atoms with Crippen LogP contribution in [0.4, 0.5) is 5.69 Å². The molecule has 0 aliphatic rings. The predicted octanol–water partition coefficient (Wildman–Crippen LogP) is 2.54. The summed E-state index contributed by atoms with van der Waals surface area (Å²) in [7, 11) is 0. The largest absolute Gasteiger partial charge is 0.422 e. The van der Waals surface area contributed by atoms with Gasteiger partial charge in [0.2, 0.25) is 0 Å². The lowest BCUT2D eigenvalue weighted by Crippen LogP contribution is -2.11. The zero-order valence-electron chi connectivity index (χ0n) is 12.1. The van der Waals surface area contributed by atoms with Gasteiger partial charge in [-0.05, 0) is 50.6 Å². The molecule has 5 heteroatoms. The maximum Gasteiger partial charge on any atom is 0.347 e. The Bertz CT molecular complexity index is 691.